The lowest BCUT2D eigenvalue weighted by Gasteiger charge is -2.11. The zero-order valence-electron chi connectivity index (χ0n) is 13.8. The van der Waals surface area contributed by atoms with E-state index in [1.165, 1.54) is 12.2 Å². The van der Waals surface area contributed by atoms with E-state index in [0.29, 0.717) is 19.0 Å². The number of nitrogens with zero attached hydrogens (tertiary/aromatic N) is 1. The van der Waals surface area contributed by atoms with Gasteiger partial charge in [0, 0.05) is 32.1 Å². The van der Waals surface area contributed by atoms with Gasteiger partial charge < -0.3 is 16.0 Å². The molecule has 0 atom stereocenters. The van der Waals surface area contributed by atoms with E-state index in [2.05, 4.69) is 34.1 Å². The number of halogens is 1. The van der Waals surface area contributed by atoms with Crippen LogP contribution in [0.5, 0.6) is 0 Å². The van der Waals surface area contributed by atoms with E-state index < -0.39 is 0 Å². The lowest BCUT2D eigenvalue weighted by atomic mass is 10.3. The highest BCUT2D eigenvalue weighted by atomic mass is 127. The van der Waals surface area contributed by atoms with Crippen LogP contribution >= 0.6 is 35.7 Å². The van der Waals surface area contributed by atoms with Crippen LogP contribution in [0.3, 0.4) is 0 Å². The fraction of sp³-hybridized carbons (Fsp3) is 0.867. The van der Waals surface area contributed by atoms with Gasteiger partial charge in [-0.05, 0) is 51.0 Å². The molecule has 5 nitrogen and oxygen atoms in total. The lowest BCUT2D eigenvalue weighted by molar-refractivity contribution is -0.121. The van der Waals surface area contributed by atoms with E-state index >= 15 is 0 Å². The number of guanidine groups is 1. The predicted molar refractivity (Wildman–Crippen MR) is 107 cm³/mol. The Bertz CT molecular complexity index is 325. The molecule has 1 aliphatic carbocycles. The highest BCUT2D eigenvalue weighted by Gasteiger charge is 2.22. The number of unbranched alkanes of at least 4 members (excludes halogenated alkanes) is 1. The average molecular weight is 442 g/mol. The van der Waals surface area contributed by atoms with Crippen molar-refractivity contribution in [2.45, 2.75) is 51.5 Å². The number of rotatable bonds is 11. The molecule has 0 bridgehead atoms. The fourth-order valence-corrected chi connectivity index (χ4v) is 2.37. The van der Waals surface area contributed by atoms with Gasteiger partial charge in [-0.3, -0.25) is 9.79 Å². The van der Waals surface area contributed by atoms with E-state index in [9.17, 15) is 4.79 Å². The monoisotopic (exact) mass is 442 g/mol. The Kier molecular flexibility index (Phi) is 14.3. The molecule has 1 aliphatic rings. The third-order valence-corrected chi connectivity index (χ3v) is 3.88. The molecule has 0 aliphatic heterocycles. The third kappa shape index (κ3) is 12.4. The topological polar surface area (TPSA) is 65.5 Å². The summed E-state index contributed by atoms with van der Waals surface area (Å²) in [5.41, 5.74) is 0. The maximum atomic E-state index is 11.5. The summed E-state index contributed by atoms with van der Waals surface area (Å²) < 4.78 is 0. The summed E-state index contributed by atoms with van der Waals surface area (Å²) in [5, 5.41) is 9.58. The zero-order chi connectivity index (χ0) is 15.3. The second kappa shape index (κ2) is 14.4. The SMILES string of the molecule is CCNC(=NCCCC(=O)NC1CC1)NCCCCSC.I. The number of carbonyl (C=O) groups excluding carboxylic acids is 1. The van der Waals surface area contributed by atoms with E-state index in [4.69, 9.17) is 0 Å². The maximum absolute atomic E-state index is 11.5. The summed E-state index contributed by atoms with van der Waals surface area (Å²) in [7, 11) is 0. The van der Waals surface area contributed by atoms with Crippen molar-refractivity contribution in [1.29, 1.82) is 0 Å². The van der Waals surface area contributed by atoms with Crippen molar-refractivity contribution >= 4 is 47.6 Å². The smallest absolute Gasteiger partial charge is 0.220 e. The molecule has 0 aromatic carbocycles. The zero-order valence-corrected chi connectivity index (χ0v) is 17.0. The summed E-state index contributed by atoms with van der Waals surface area (Å²) in [6.45, 7) is 4.57. The van der Waals surface area contributed by atoms with Gasteiger partial charge in [-0.2, -0.15) is 11.8 Å². The minimum Gasteiger partial charge on any atom is -0.357 e. The van der Waals surface area contributed by atoms with Crippen molar-refractivity contribution in [2.75, 3.05) is 31.6 Å². The van der Waals surface area contributed by atoms with Crippen LogP contribution in [0.15, 0.2) is 4.99 Å². The average Bonchev–Trinajstić information content (AvgIpc) is 3.27. The molecule has 1 saturated carbocycles. The van der Waals surface area contributed by atoms with Crippen molar-refractivity contribution in [3.8, 4) is 0 Å². The number of carbonyl (C=O) groups is 1. The Labute approximate surface area is 156 Å². The van der Waals surface area contributed by atoms with Crippen LogP contribution in [0, 0.1) is 0 Å². The van der Waals surface area contributed by atoms with Crippen LogP contribution in [0.25, 0.3) is 0 Å². The van der Waals surface area contributed by atoms with Crippen molar-refractivity contribution in [3.05, 3.63) is 0 Å². The molecule has 0 saturated heterocycles. The Balaban J connectivity index is 0.00000441. The van der Waals surface area contributed by atoms with Gasteiger partial charge >= 0.3 is 0 Å². The van der Waals surface area contributed by atoms with Gasteiger partial charge in [-0.1, -0.05) is 0 Å². The van der Waals surface area contributed by atoms with Crippen LogP contribution in [-0.2, 0) is 4.79 Å². The van der Waals surface area contributed by atoms with Gasteiger partial charge in [0.1, 0.15) is 0 Å². The molecule has 130 valence electrons. The van der Waals surface area contributed by atoms with Gasteiger partial charge in [0.25, 0.3) is 0 Å². The summed E-state index contributed by atoms with van der Waals surface area (Å²) in [5.74, 6) is 2.25. The van der Waals surface area contributed by atoms with Gasteiger partial charge in [-0.15, -0.1) is 24.0 Å². The van der Waals surface area contributed by atoms with Crippen molar-refractivity contribution in [1.82, 2.24) is 16.0 Å². The number of amides is 1. The molecular formula is C15H31IN4OS. The fourth-order valence-electron chi connectivity index (χ4n) is 1.88. The van der Waals surface area contributed by atoms with Crippen molar-refractivity contribution in [3.63, 3.8) is 0 Å². The molecule has 0 radical (unpaired) electrons. The van der Waals surface area contributed by atoms with Crippen LogP contribution in [-0.4, -0.2) is 49.6 Å². The van der Waals surface area contributed by atoms with Crippen LogP contribution in [0.1, 0.15) is 45.4 Å². The Hall–Kier alpha value is -0.180. The van der Waals surface area contributed by atoms with Crippen molar-refractivity contribution in [2.24, 2.45) is 4.99 Å². The Morgan fingerprint density at radius 3 is 2.64 bits per heavy atom. The summed E-state index contributed by atoms with van der Waals surface area (Å²) in [4.78, 5) is 16.1. The second-order valence-corrected chi connectivity index (χ2v) is 6.32. The predicted octanol–water partition coefficient (Wildman–Crippen LogP) is 2.36. The van der Waals surface area contributed by atoms with Gasteiger partial charge in [-0.25, -0.2) is 0 Å². The van der Waals surface area contributed by atoms with E-state index in [1.54, 1.807) is 0 Å². The molecule has 1 rings (SSSR count). The first-order valence-electron chi connectivity index (χ1n) is 8.06. The molecule has 1 fully saturated rings. The van der Waals surface area contributed by atoms with E-state index in [1.807, 2.05) is 11.8 Å². The standard InChI is InChI=1S/C15H30N4OS.HI/c1-3-16-15(17-10-4-5-12-21-2)18-11-6-7-14(20)19-13-8-9-13;/h13H,3-12H2,1-2H3,(H,19,20)(H2,16,17,18);1H. The molecule has 22 heavy (non-hydrogen) atoms. The number of hydrogen-bond acceptors (Lipinski definition) is 3. The lowest BCUT2D eigenvalue weighted by Crippen LogP contribution is -2.38. The molecule has 0 aromatic rings. The first-order valence-corrected chi connectivity index (χ1v) is 9.46. The molecule has 3 N–H and O–H groups in total. The van der Waals surface area contributed by atoms with Gasteiger partial charge in [0.05, 0.1) is 0 Å². The van der Waals surface area contributed by atoms with Gasteiger partial charge in [0.2, 0.25) is 5.91 Å². The Morgan fingerprint density at radius 1 is 1.23 bits per heavy atom. The summed E-state index contributed by atoms with van der Waals surface area (Å²) in [6, 6.07) is 0.460. The molecule has 0 spiro atoms. The normalized spacial score (nSPS) is 14.2. The second-order valence-electron chi connectivity index (χ2n) is 5.33. The van der Waals surface area contributed by atoms with Crippen LogP contribution < -0.4 is 16.0 Å². The molecule has 7 heteroatoms. The minimum atomic E-state index is 0. The first-order chi connectivity index (χ1) is 10.3. The highest BCUT2D eigenvalue weighted by Crippen LogP contribution is 2.18. The quantitative estimate of drug-likeness (QED) is 0.199. The molecule has 0 unspecified atom stereocenters. The van der Waals surface area contributed by atoms with E-state index in [0.717, 1.165) is 44.7 Å². The molecule has 0 heterocycles. The van der Waals surface area contributed by atoms with Gasteiger partial charge in [0.15, 0.2) is 5.96 Å². The summed E-state index contributed by atoms with van der Waals surface area (Å²) >= 11 is 1.89. The maximum Gasteiger partial charge on any atom is 0.220 e. The van der Waals surface area contributed by atoms with E-state index in [-0.39, 0.29) is 29.9 Å². The summed E-state index contributed by atoms with van der Waals surface area (Å²) in [6.07, 6.45) is 8.21. The Morgan fingerprint density at radius 2 is 2.00 bits per heavy atom. The molecule has 1 amide bonds. The highest BCUT2D eigenvalue weighted by molar-refractivity contribution is 14.0. The minimum absolute atomic E-state index is 0. The number of nitrogens with one attached hydrogen (secondary N) is 3. The van der Waals surface area contributed by atoms with Crippen molar-refractivity contribution < 1.29 is 4.79 Å². The number of thioether (sulfide) groups is 1. The number of aliphatic imine (C=N–C) groups is 1. The molecule has 0 aromatic heterocycles. The molecular weight excluding hydrogens is 411 g/mol. The third-order valence-electron chi connectivity index (χ3n) is 3.19. The number of hydrogen-bond donors (Lipinski definition) is 3. The van der Waals surface area contributed by atoms with Crippen LogP contribution in [0.2, 0.25) is 0 Å². The largest absolute Gasteiger partial charge is 0.357 e. The van der Waals surface area contributed by atoms with Crippen LogP contribution in [0.4, 0.5) is 0 Å². The first kappa shape index (κ1) is 21.8.